The number of carboxylic acid groups (broad SMARTS) is 1. The van der Waals surface area contributed by atoms with Crippen LogP contribution in [0, 0.1) is 0 Å². The average Bonchev–Trinajstić information content (AvgIpc) is 2.83. The van der Waals surface area contributed by atoms with E-state index in [9.17, 15) is 9.59 Å². The quantitative estimate of drug-likeness (QED) is 0.658. The maximum absolute atomic E-state index is 11.7. The average molecular weight is 284 g/mol. The lowest BCUT2D eigenvalue weighted by atomic mass is 10.2. The predicted octanol–water partition coefficient (Wildman–Crippen LogP) is 0.904. The standard InChI is InChI=1S/C12H20N4O4/c1-3-4-10(11(17)18)15-12(19)14-9-7-13-16(8-9)5-6-20-2/h7-8,10H,3-6H2,1-2H3,(H,17,18)(H2,14,15,19)/t10-/m1/s1. The molecule has 0 unspecified atom stereocenters. The van der Waals surface area contributed by atoms with Crippen molar-refractivity contribution in [1.29, 1.82) is 0 Å². The zero-order valence-corrected chi connectivity index (χ0v) is 11.6. The van der Waals surface area contributed by atoms with Crippen LogP contribution in [0.1, 0.15) is 19.8 Å². The van der Waals surface area contributed by atoms with Gasteiger partial charge in [-0.1, -0.05) is 13.3 Å². The fourth-order valence-electron chi connectivity index (χ4n) is 1.61. The monoisotopic (exact) mass is 284 g/mol. The van der Waals surface area contributed by atoms with Crippen molar-refractivity contribution in [2.45, 2.75) is 32.4 Å². The number of carboxylic acids is 1. The fourth-order valence-corrected chi connectivity index (χ4v) is 1.61. The molecule has 0 saturated heterocycles. The highest BCUT2D eigenvalue weighted by Gasteiger charge is 2.18. The molecule has 112 valence electrons. The summed E-state index contributed by atoms with van der Waals surface area (Å²) in [5, 5.41) is 17.9. The molecule has 0 aliphatic rings. The molecule has 0 bridgehead atoms. The Labute approximate surface area is 117 Å². The van der Waals surface area contributed by atoms with E-state index < -0.39 is 18.0 Å². The summed E-state index contributed by atoms with van der Waals surface area (Å²) in [6.45, 7) is 2.95. The van der Waals surface area contributed by atoms with Gasteiger partial charge in [-0.25, -0.2) is 9.59 Å². The van der Waals surface area contributed by atoms with Crippen molar-refractivity contribution in [2.75, 3.05) is 19.0 Å². The molecule has 3 N–H and O–H groups in total. The number of hydrogen-bond acceptors (Lipinski definition) is 4. The van der Waals surface area contributed by atoms with Crippen molar-refractivity contribution >= 4 is 17.7 Å². The number of urea groups is 1. The third-order valence-corrected chi connectivity index (χ3v) is 2.60. The number of aromatic nitrogens is 2. The number of anilines is 1. The number of aliphatic carboxylic acids is 1. The summed E-state index contributed by atoms with van der Waals surface area (Å²) in [7, 11) is 1.59. The lowest BCUT2D eigenvalue weighted by Crippen LogP contribution is -2.42. The van der Waals surface area contributed by atoms with E-state index >= 15 is 0 Å². The molecule has 1 aromatic rings. The summed E-state index contributed by atoms with van der Waals surface area (Å²) < 4.78 is 6.54. The summed E-state index contributed by atoms with van der Waals surface area (Å²) in [6, 6.07) is -1.44. The van der Waals surface area contributed by atoms with Crippen LogP contribution in [0.2, 0.25) is 0 Å². The highest BCUT2D eigenvalue weighted by Crippen LogP contribution is 2.05. The van der Waals surface area contributed by atoms with E-state index in [1.807, 2.05) is 6.92 Å². The Kier molecular flexibility index (Phi) is 6.51. The summed E-state index contributed by atoms with van der Waals surface area (Å²) in [5.74, 6) is -1.04. The molecule has 0 aliphatic carbocycles. The van der Waals surface area contributed by atoms with Gasteiger partial charge in [0, 0.05) is 13.3 Å². The molecule has 20 heavy (non-hydrogen) atoms. The fraction of sp³-hybridized carbons (Fsp3) is 0.583. The zero-order chi connectivity index (χ0) is 15.0. The second-order valence-corrected chi connectivity index (χ2v) is 4.26. The van der Waals surface area contributed by atoms with E-state index in [2.05, 4.69) is 15.7 Å². The number of methoxy groups -OCH3 is 1. The first-order valence-electron chi connectivity index (χ1n) is 6.38. The Morgan fingerprint density at radius 3 is 2.90 bits per heavy atom. The smallest absolute Gasteiger partial charge is 0.326 e. The molecule has 0 spiro atoms. The molecule has 1 rings (SSSR count). The van der Waals surface area contributed by atoms with Gasteiger partial charge in [-0.2, -0.15) is 5.10 Å². The predicted molar refractivity (Wildman–Crippen MR) is 72.6 cm³/mol. The molecule has 0 saturated carbocycles. The normalized spacial score (nSPS) is 11.9. The number of hydrogen-bond donors (Lipinski definition) is 3. The Morgan fingerprint density at radius 2 is 2.30 bits per heavy atom. The van der Waals surface area contributed by atoms with Crippen molar-refractivity contribution in [3.8, 4) is 0 Å². The van der Waals surface area contributed by atoms with Crippen molar-refractivity contribution in [2.24, 2.45) is 0 Å². The summed E-state index contributed by atoms with van der Waals surface area (Å²) in [4.78, 5) is 22.6. The first-order chi connectivity index (χ1) is 9.56. The van der Waals surface area contributed by atoms with Crippen LogP contribution < -0.4 is 10.6 Å². The number of carbonyl (C=O) groups excluding carboxylic acids is 1. The molecule has 8 nitrogen and oxygen atoms in total. The van der Waals surface area contributed by atoms with Gasteiger partial charge in [0.25, 0.3) is 0 Å². The van der Waals surface area contributed by atoms with Crippen molar-refractivity contribution < 1.29 is 19.4 Å². The van der Waals surface area contributed by atoms with Crippen molar-refractivity contribution in [3.63, 3.8) is 0 Å². The molecular formula is C12H20N4O4. The van der Waals surface area contributed by atoms with Gasteiger partial charge in [0.15, 0.2) is 0 Å². The Hall–Kier alpha value is -2.09. The summed E-state index contributed by atoms with van der Waals surface area (Å²) >= 11 is 0. The van der Waals surface area contributed by atoms with Crippen LogP contribution in [0.4, 0.5) is 10.5 Å². The van der Waals surface area contributed by atoms with Gasteiger partial charge in [-0.15, -0.1) is 0 Å². The minimum Gasteiger partial charge on any atom is -0.480 e. The van der Waals surface area contributed by atoms with E-state index in [1.165, 1.54) is 6.20 Å². The van der Waals surface area contributed by atoms with E-state index in [0.29, 0.717) is 31.7 Å². The number of carbonyl (C=O) groups is 2. The van der Waals surface area contributed by atoms with E-state index in [4.69, 9.17) is 9.84 Å². The molecule has 0 aliphatic heterocycles. The molecular weight excluding hydrogens is 264 g/mol. The highest BCUT2D eigenvalue weighted by atomic mass is 16.5. The third-order valence-electron chi connectivity index (χ3n) is 2.60. The summed E-state index contributed by atoms with van der Waals surface area (Å²) in [6.07, 6.45) is 4.20. The highest BCUT2D eigenvalue weighted by molar-refractivity contribution is 5.91. The molecule has 2 amide bonds. The number of ether oxygens (including phenoxy) is 1. The minimum atomic E-state index is -1.04. The molecule has 1 aromatic heterocycles. The lowest BCUT2D eigenvalue weighted by molar-refractivity contribution is -0.139. The second-order valence-electron chi connectivity index (χ2n) is 4.26. The third kappa shape index (κ3) is 5.27. The summed E-state index contributed by atoms with van der Waals surface area (Å²) in [5.41, 5.74) is 0.499. The van der Waals surface area contributed by atoms with Crippen LogP contribution in [0.15, 0.2) is 12.4 Å². The first kappa shape index (κ1) is 16.0. The van der Waals surface area contributed by atoms with E-state index in [-0.39, 0.29) is 0 Å². The van der Waals surface area contributed by atoms with Gasteiger partial charge in [-0.05, 0) is 6.42 Å². The van der Waals surface area contributed by atoms with Crippen LogP contribution >= 0.6 is 0 Å². The van der Waals surface area contributed by atoms with Crippen LogP contribution in [0.25, 0.3) is 0 Å². The van der Waals surface area contributed by atoms with Crippen molar-refractivity contribution in [1.82, 2.24) is 15.1 Å². The topological polar surface area (TPSA) is 105 Å². The van der Waals surface area contributed by atoms with E-state index in [1.54, 1.807) is 18.0 Å². The first-order valence-corrected chi connectivity index (χ1v) is 6.38. The van der Waals surface area contributed by atoms with Gasteiger partial charge in [0.2, 0.25) is 0 Å². The van der Waals surface area contributed by atoms with Crippen LogP contribution in [0.3, 0.4) is 0 Å². The number of nitrogens with one attached hydrogen (secondary N) is 2. The Morgan fingerprint density at radius 1 is 1.55 bits per heavy atom. The number of amides is 2. The van der Waals surface area contributed by atoms with Gasteiger partial charge >= 0.3 is 12.0 Å². The molecule has 0 radical (unpaired) electrons. The molecule has 8 heteroatoms. The second kappa shape index (κ2) is 8.16. The van der Waals surface area contributed by atoms with Crippen molar-refractivity contribution in [3.05, 3.63) is 12.4 Å². The Bertz CT molecular complexity index is 446. The maximum atomic E-state index is 11.7. The SMILES string of the molecule is CCC[C@@H](NC(=O)Nc1cnn(CCOC)c1)C(=O)O. The van der Waals surface area contributed by atoms with E-state index in [0.717, 1.165) is 0 Å². The van der Waals surface area contributed by atoms with Crippen LogP contribution in [-0.2, 0) is 16.1 Å². The number of nitrogens with zero attached hydrogens (tertiary/aromatic N) is 2. The molecule has 0 aromatic carbocycles. The van der Waals surface area contributed by atoms with Gasteiger partial charge in [0.1, 0.15) is 6.04 Å². The van der Waals surface area contributed by atoms with Crippen LogP contribution in [0.5, 0.6) is 0 Å². The molecule has 1 heterocycles. The maximum Gasteiger partial charge on any atom is 0.326 e. The lowest BCUT2D eigenvalue weighted by Gasteiger charge is -2.13. The van der Waals surface area contributed by atoms with Gasteiger partial charge < -0.3 is 20.5 Å². The zero-order valence-electron chi connectivity index (χ0n) is 11.6. The molecule has 1 atom stereocenters. The van der Waals surface area contributed by atoms with Crippen LogP contribution in [-0.4, -0.2) is 46.6 Å². The largest absolute Gasteiger partial charge is 0.480 e. The molecule has 0 fully saturated rings. The minimum absolute atomic E-state index is 0.385. The number of rotatable bonds is 8. The van der Waals surface area contributed by atoms with Gasteiger partial charge in [0.05, 0.1) is 25.0 Å². The Balaban J connectivity index is 2.48. The van der Waals surface area contributed by atoms with Gasteiger partial charge in [-0.3, -0.25) is 4.68 Å².